The zero-order valence-corrected chi connectivity index (χ0v) is 12.1. The van der Waals surface area contributed by atoms with Gasteiger partial charge >= 0.3 is 0 Å². The first-order valence-electron chi connectivity index (χ1n) is 5.94. The molecule has 0 fully saturated rings. The average Bonchev–Trinajstić information content (AvgIpc) is 2.35. The maximum Gasteiger partial charge on any atom is 0.228 e. The van der Waals surface area contributed by atoms with Gasteiger partial charge in [0.1, 0.15) is 12.4 Å². The van der Waals surface area contributed by atoms with Crippen LogP contribution in [0.2, 0.25) is 0 Å². The van der Waals surface area contributed by atoms with Crippen molar-refractivity contribution in [2.75, 3.05) is 11.9 Å². The van der Waals surface area contributed by atoms with Gasteiger partial charge < -0.3 is 15.8 Å². The van der Waals surface area contributed by atoms with Crippen LogP contribution in [0.4, 0.5) is 5.69 Å². The van der Waals surface area contributed by atoms with Gasteiger partial charge in [0.15, 0.2) is 0 Å². The predicted octanol–water partition coefficient (Wildman–Crippen LogP) is 2.60. The molecule has 3 N–H and O–H groups in total. The van der Waals surface area contributed by atoms with E-state index in [-0.39, 0.29) is 30.3 Å². The molecule has 19 heavy (non-hydrogen) atoms. The van der Waals surface area contributed by atoms with Gasteiger partial charge in [-0.1, -0.05) is 25.6 Å². The molecule has 0 spiro atoms. The van der Waals surface area contributed by atoms with E-state index >= 15 is 0 Å². The molecule has 2 atom stereocenters. The van der Waals surface area contributed by atoms with Crippen LogP contribution in [-0.4, -0.2) is 18.6 Å². The van der Waals surface area contributed by atoms with E-state index in [0.29, 0.717) is 18.0 Å². The molecule has 0 aromatic heterocycles. The normalized spacial score (nSPS) is 12.8. The standard InChI is InChI=1S/C14H20N2O2.ClH/c1-4-8-18-13-7-5-6-12(9-13)16-14(17)10(2)11(3)15;/h4-7,9-11H,1,8,15H2,2-3H3,(H,16,17);1H. The minimum absolute atomic E-state index is 0. The first-order chi connectivity index (χ1) is 8.54. The summed E-state index contributed by atoms with van der Waals surface area (Å²) in [7, 11) is 0. The summed E-state index contributed by atoms with van der Waals surface area (Å²) in [5, 5.41) is 2.82. The highest BCUT2D eigenvalue weighted by atomic mass is 35.5. The molecule has 1 amide bonds. The molecule has 2 unspecified atom stereocenters. The van der Waals surface area contributed by atoms with Crippen LogP contribution >= 0.6 is 12.4 Å². The zero-order valence-electron chi connectivity index (χ0n) is 11.3. The lowest BCUT2D eigenvalue weighted by molar-refractivity contribution is -0.119. The molecule has 0 bridgehead atoms. The Morgan fingerprint density at radius 2 is 2.21 bits per heavy atom. The highest BCUT2D eigenvalue weighted by Gasteiger charge is 2.16. The summed E-state index contributed by atoms with van der Waals surface area (Å²) in [5.74, 6) is 0.370. The van der Waals surface area contributed by atoms with Crippen molar-refractivity contribution in [2.45, 2.75) is 19.9 Å². The summed E-state index contributed by atoms with van der Waals surface area (Å²) in [4.78, 5) is 11.8. The molecule has 1 aromatic rings. The number of carbonyl (C=O) groups excluding carboxylic acids is 1. The summed E-state index contributed by atoms with van der Waals surface area (Å²) >= 11 is 0. The number of nitrogens with one attached hydrogen (secondary N) is 1. The molecular formula is C14H21ClN2O2. The molecule has 0 heterocycles. The Bertz CT molecular complexity index is 422. The van der Waals surface area contributed by atoms with Crippen molar-refractivity contribution in [3.63, 3.8) is 0 Å². The lowest BCUT2D eigenvalue weighted by Gasteiger charge is -2.15. The van der Waals surface area contributed by atoms with Gasteiger partial charge in [0.05, 0.1) is 5.92 Å². The van der Waals surface area contributed by atoms with Crippen LogP contribution in [0.15, 0.2) is 36.9 Å². The number of nitrogens with two attached hydrogens (primary N) is 1. The third-order valence-corrected chi connectivity index (χ3v) is 2.67. The zero-order chi connectivity index (χ0) is 13.5. The maximum absolute atomic E-state index is 11.8. The number of rotatable bonds is 6. The second-order valence-electron chi connectivity index (χ2n) is 4.26. The van der Waals surface area contributed by atoms with Crippen molar-refractivity contribution >= 4 is 24.0 Å². The van der Waals surface area contributed by atoms with E-state index in [0.717, 1.165) is 0 Å². The van der Waals surface area contributed by atoms with E-state index in [2.05, 4.69) is 11.9 Å². The summed E-state index contributed by atoms with van der Waals surface area (Å²) in [5.41, 5.74) is 6.39. The molecule has 0 saturated carbocycles. The number of amides is 1. The van der Waals surface area contributed by atoms with Crippen molar-refractivity contribution < 1.29 is 9.53 Å². The summed E-state index contributed by atoms with van der Waals surface area (Å²) in [6.07, 6.45) is 1.67. The number of ether oxygens (including phenoxy) is 1. The first kappa shape index (κ1) is 17.5. The molecular weight excluding hydrogens is 264 g/mol. The molecule has 1 aromatic carbocycles. The van der Waals surface area contributed by atoms with Crippen molar-refractivity contribution in [2.24, 2.45) is 11.7 Å². The van der Waals surface area contributed by atoms with E-state index < -0.39 is 0 Å². The Balaban J connectivity index is 0.00000324. The Hall–Kier alpha value is -1.52. The second kappa shape index (κ2) is 8.56. The molecule has 5 heteroatoms. The first-order valence-corrected chi connectivity index (χ1v) is 5.94. The topological polar surface area (TPSA) is 64.3 Å². The van der Waals surface area contributed by atoms with E-state index in [1.54, 1.807) is 19.1 Å². The van der Waals surface area contributed by atoms with E-state index in [4.69, 9.17) is 10.5 Å². The predicted molar refractivity (Wildman–Crippen MR) is 80.8 cm³/mol. The van der Waals surface area contributed by atoms with Gasteiger partial charge in [-0.2, -0.15) is 0 Å². The van der Waals surface area contributed by atoms with Gasteiger partial charge in [0, 0.05) is 17.8 Å². The van der Waals surface area contributed by atoms with Crippen LogP contribution in [0, 0.1) is 5.92 Å². The van der Waals surface area contributed by atoms with Crippen molar-refractivity contribution in [1.29, 1.82) is 0 Å². The Labute approximate surface area is 120 Å². The Morgan fingerprint density at radius 3 is 2.79 bits per heavy atom. The molecule has 0 aliphatic carbocycles. The highest BCUT2D eigenvalue weighted by molar-refractivity contribution is 5.92. The Kier molecular flexibility index (Phi) is 7.87. The smallest absolute Gasteiger partial charge is 0.228 e. The van der Waals surface area contributed by atoms with Crippen molar-refractivity contribution in [3.05, 3.63) is 36.9 Å². The monoisotopic (exact) mass is 284 g/mol. The van der Waals surface area contributed by atoms with Crippen molar-refractivity contribution in [3.8, 4) is 5.75 Å². The average molecular weight is 285 g/mol. The fraction of sp³-hybridized carbons (Fsp3) is 0.357. The Morgan fingerprint density at radius 1 is 1.53 bits per heavy atom. The SMILES string of the molecule is C=CCOc1cccc(NC(=O)C(C)C(C)N)c1.Cl. The quantitative estimate of drug-likeness (QED) is 0.789. The molecule has 106 valence electrons. The third kappa shape index (κ3) is 5.77. The van der Waals surface area contributed by atoms with Gasteiger partial charge in [-0.3, -0.25) is 4.79 Å². The van der Waals surface area contributed by atoms with Gasteiger partial charge in [-0.25, -0.2) is 0 Å². The molecule has 0 aliphatic rings. The van der Waals surface area contributed by atoms with Gasteiger partial charge in [-0.15, -0.1) is 12.4 Å². The number of hydrogen-bond donors (Lipinski definition) is 2. The number of carbonyl (C=O) groups is 1. The summed E-state index contributed by atoms with van der Waals surface area (Å²) in [6.45, 7) is 7.64. The molecule has 0 radical (unpaired) electrons. The van der Waals surface area contributed by atoms with Crippen molar-refractivity contribution in [1.82, 2.24) is 0 Å². The van der Waals surface area contributed by atoms with E-state index in [9.17, 15) is 4.79 Å². The highest BCUT2D eigenvalue weighted by Crippen LogP contribution is 2.18. The van der Waals surface area contributed by atoms with Crippen LogP contribution in [0.1, 0.15) is 13.8 Å². The maximum atomic E-state index is 11.8. The van der Waals surface area contributed by atoms with E-state index in [1.807, 2.05) is 25.1 Å². The molecule has 1 rings (SSSR count). The fourth-order valence-electron chi connectivity index (χ4n) is 1.31. The fourth-order valence-corrected chi connectivity index (χ4v) is 1.31. The number of anilines is 1. The van der Waals surface area contributed by atoms with E-state index in [1.165, 1.54) is 0 Å². The van der Waals surface area contributed by atoms with Gasteiger partial charge in [0.25, 0.3) is 0 Å². The summed E-state index contributed by atoms with van der Waals surface area (Å²) in [6, 6.07) is 7.06. The number of halogens is 1. The molecule has 4 nitrogen and oxygen atoms in total. The van der Waals surface area contributed by atoms with Crippen LogP contribution in [0.3, 0.4) is 0 Å². The summed E-state index contributed by atoms with van der Waals surface area (Å²) < 4.78 is 5.39. The molecule has 0 saturated heterocycles. The minimum atomic E-state index is -0.234. The lowest BCUT2D eigenvalue weighted by Crippen LogP contribution is -2.34. The van der Waals surface area contributed by atoms with Gasteiger partial charge in [-0.05, 0) is 19.1 Å². The third-order valence-electron chi connectivity index (χ3n) is 2.67. The number of hydrogen-bond acceptors (Lipinski definition) is 3. The van der Waals surface area contributed by atoms with Crippen LogP contribution < -0.4 is 15.8 Å². The van der Waals surface area contributed by atoms with Crippen LogP contribution in [0.5, 0.6) is 5.75 Å². The largest absolute Gasteiger partial charge is 0.489 e. The number of benzene rings is 1. The minimum Gasteiger partial charge on any atom is -0.489 e. The lowest BCUT2D eigenvalue weighted by atomic mass is 10.0. The van der Waals surface area contributed by atoms with Gasteiger partial charge in [0.2, 0.25) is 5.91 Å². The molecule has 0 aliphatic heterocycles. The van der Waals surface area contributed by atoms with Crippen LogP contribution in [0.25, 0.3) is 0 Å². The van der Waals surface area contributed by atoms with Crippen LogP contribution in [-0.2, 0) is 4.79 Å². The second-order valence-corrected chi connectivity index (χ2v) is 4.26.